The Kier molecular flexibility index (Phi) is 5.30. The number of nitrogens with zero attached hydrogens (tertiary/aromatic N) is 3. The predicted octanol–water partition coefficient (Wildman–Crippen LogP) is 3.22. The van der Waals surface area contributed by atoms with Crippen LogP contribution in [0.15, 0.2) is 42.6 Å². The molecule has 3 N–H and O–H groups in total. The van der Waals surface area contributed by atoms with Gasteiger partial charge in [0.2, 0.25) is 0 Å². The van der Waals surface area contributed by atoms with Crippen LogP contribution in [0, 0.1) is 0 Å². The summed E-state index contributed by atoms with van der Waals surface area (Å²) in [4.78, 5) is 33.1. The largest absolute Gasteiger partial charge is 0.505 e. The van der Waals surface area contributed by atoms with Crippen LogP contribution in [0.25, 0.3) is 21.0 Å². The molecule has 2 heterocycles. The second kappa shape index (κ2) is 8.07. The quantitative estimate of drug-likeness (QED) is 0.419. The smallest absolute Gasteiger partial charge is 0.322 e. The van der Waals surface area contributed by atoms with Gasteiger partial charge in [-0.25, -0.2) is 9.97 Å². The number of hydrogen-bond donors (Lipinski definition) is 3. The number of rotatable bonds is 6. The maximum absolute atomic E-state index is 12.0. The summed E-state index contributed by atoms with van der Waals surface area (Å²) in [5, 5.41) is 23.1. The highest BCUT2D eigenvalue weighted by Crippen LogP contribution is 2.34. The zero-order chi connectivity index (χ0) is 22.1. The number of carboxylic acid groups (broad SMARTS) is 1. The molecule has 0 saturated heterocycles. The Balaban J connectivity index is 1.59. The van der Waals surface area contributed by atoms with E-state index in [-0.39, 0.29) is 11.4 Å². The van der Waals surface area contributed by atoms with E-state index in [1.807, 2.05) is 37.2 Å². The number of amides is 1. The van der Waals surface area contributed by atoms with Crippen LogP contribution in [0.2, 0.25) is 0 Å². The lowest BCUT2D eigenvalue weighted by molar-refractivity contribution is -0.135. The van der Waals surface area contributed by atoms with Crippen LogP contribution in [0.4, 0.5) is 5.13 Å². The van der Waals surface area contributed by atoms with Crippen LogP contribution >= 0.6 is 11.3 Å². The summed E-state index contributed by atoms with van der Waals surface area (Å²) in [6, 6.07) is 10.6. The third kappa shape index (κ3) is 4.19. The van der Waals surface area contributed by atoms with Crippen molar-refractivity contribution in [3.63, 3.8) is 0 Å². The number of benzene rings is 2. The first-order chi connectivity index (χ1) is 14.8. The number of pyridine rings is 1. The van der Waals surface area contributed by atoms with Crippen molar-refractivity contribution in [2.45, 2.75) is 0 Å². The highest BCUT2D eigenvalue weighted by Gasteiger charge is 2.17. The van der Waals surface area contributed by atoms with Crippen molar-refractivity contribution < 1.29 is 24.5 Å². The van der Waals surface area contributed by atoms with Crippen LogP contribution in [0.5, 0.6) is 17.2 Å². The van der Waals surface area contributed by atoms with Gasteiger partial charge in [-0.05, 0) is 30.3 Å². The molecule has 2 aromatic heterocycles. The molecule has 0 unspecified atom stereocenters. The number of carbonyl (C=O) groups is 2. The average molecular weight is 438 g/mol. The van der Waals surface area contributed by atoms with Gasteiger partial charge in [-0.2, -0.15) is 0 Å². The van der Waals surface area contributed by atoms with Gasteiger partial charge in [-0.3, -0.25) is 9.59 Å². The van der Waals surface area contributed by atoms with E-state index in [1.54, 1.807) is 29.5 Å². The fraction of sp³-hybridized carbons (Fsp3) is 0.143. The zero-order valence-corrected chi connectivity index (χ0v) is 17.4. The number of carboxylic acids is 1. The molecule has 1 amide bonds. The van der Waals surface area contributed by atoms with Crippen molar-refractivity contribution in [1.82, 2.24) is 15.3 Å². The summed E-state index contributed by atoms with van der Waals surface area (Å²) in [5.41, 5.74) is 0.650. The lowest BCUT2D eigenvalue weighted by atomic mass is 10.1. The molecule has 2 aromatic carbocycles. The molecule has 31 heavy (non-hydrogen) atoms. The number of hydrogen-bond acceptors (Lipinski definition) is 8. The predicted molar refractivity (Wildman–Crippen MR) is 117 cm³/mol. The van der Waals surface area contributed by atoms with E-state index in [9.17, 15) is 14.7 Å². The Hall–Kier alpha value is -3.92. The molecule has 0 bridgehead atoms. The number of anilines is 1. The minimum Gasteiger partial charge on any atom is -0.505 e. The van der Waals surface area contributed by atoms with Gasteiger partial charge >= 0.3 is 5.97 Å². The number of aromatic nitrogens is 2. The molecule has 158 valence electrons. The summed E-state index contributed by atoms with van der Waals surface area (Å²) < 4.78 is 6.96. The number of ether oxygens (including phenoxy) is 1. The minimum atomic E-state index is -1.19. The van der Waals surface area contributed by atoms with Gasteiger partial charge in [-0.1, -0.05) is 11.3 Å². The van der Waals surface area contributed by atoms with E-state index >= 15 is 0 Å². The fourth-order valence-electron chi connectivity index (χ4n) is 2.94. The molecule has 4 rings (SSSR count). The molecule has 0 spiro atoms. The Bertz CT molecular complexity index is 1320. The van der Waals surface area contributed by atoms with Gasteiger partial charge < -0.3 is 25.2 Å². The molecule has 0 saturated carbocycles. The van der Waals surface area contributed by atoms with E-state index < -0.39 is 18.4 Å². The SMILES string of the molecule is CN(C)c1nc2ccc(Oc3ccc4c(O)c(C(=O)NCC(=O)O)ncc4c3)cc2s1. The lowest BCUT2D eigenvalue weighted by Gasteiger charge is -2.10. The van der Waals surface area contributed by atoms with Crippen molar-refractivity contribution in [1.29, 1.82) is 0 Å². The highest BCUT2D eigenvalue weighted by atomic mass is 32.1. The molecule has 4 aromatic rings. The molecule has 9 nitrogen and oxygen atoms in total. The number of thiazole rings is 1. The first-order valence-electron chi connectivity index (χ1n) is 9.19. The maximum atomic E-state index is 12.0. The van der Waals surface area contributed by atoms with Gasteiger partial charge in [0.1, 0.15) is 18.0 Å². The van der Waals surface area contributed by atoms with E-state index in [2.05, 4.69) is 15.3 Å². The second-order valence-electron chi connectivity index (χ2n) is 6.90. The number of aromatic hydroxyl groups is 1. The molecule has 0 radical (unpaired) electrons. The second-order valence-corrected chi connectivity index (χ2v) is 7.91. The van der Waals surface area contributed by atoms with Crippen molar-refractivity contribution >= 4 is 49.3 Å². The van der Waals surface area contributed by atoms with E-state index in [0.717, 1.165) is 15.3 Å². The van der Waals surface area contributed by atoms with Gasteiger partial charge in [0.25, 0.3) is 5.91 Å². The summed E-state index contributed by atoms with van der Waals surface area (Å²) in [7, 11) is 3.88. The number of fused-ring (bicyclic) bond motifs is 2. The van der Waals surface area contributed by atoms with Crippen LogP contribution in [0.1, 0.15) is 10.5 Å². The topological polar surface area (TPSA) is 125 Å². The molecule has 0 fully saturated rings. The molecule has 0 aliphatic heterocycles. The standard InChI is InChI=1S/C21H18N4O5S/c1-25(2)21-24-15-6-4-13(8-16(15)31-21)30-12-3-5-14-11(7-12)9-22-18(19(14)28)20(29)23-10-17(26)27/h3-9,28H,10H2,1-2H3,(H,23,29)(H,26,27). The average Bonchev–Trinajstić information content (AvgIpc) is 3.16. The monoisotopic (exact) mass is 438 g/mol. The fourth-order valence-corrected chi connectivity index (χ4v) is 3.86. The first-order valence-corrected chi connectivity index (χ1v) is 10.0. The molecule has 10 heteroatoms. The van der Waals surface area contributed by atoms with E-state index in [0.29, 0.717) is 22.3 Å². The van der Waals surface area contributed by atoms with Crippen LogP contribution in [-0.2, 0) is 4.79 Å². The summed E-state index contributed by atoms with van der Waals surface area (Å²) >= 11 is 1.56. The van der Waals surface area contributed by atoms with Gasteiger partial charge in [0, 0.05) is 37.1 Å². The van der Waals surface area contributed by atoms with Crippen molar-refractivity contribution in [2.75, 3.05) is 25.5 Å². The van der Waals surface area contributed by atoms with Gasteiger partial charge in [-0.15, -0.1) is 0 Å². The molecule has 0 aliphatic rings. The molecular weight excluding hydrogens is 420 g/mol. The number of aliphatic carboxylic acids is 1. The number of nitrogens with one attached hydrogen (secondary N) is 1. The minimum absolute atomic E-state index is 0.241. The number of carbonyl (C=O) groups excluding carboxylic acids is 1. The molecular formula is C21H18N4O5S. The Morgan fingerprint density at radius 3 is 2.65 bits per heavy atom. The van der Waals surface area contributed by atoms with Crippen molar-refractivity contribution in [2.24, 2.45) is 0 Å². The van der Waals surface area contributed by atoms with Crippen LogP contribution in [0.3, 0.4) is 0 Å². The van der Waals surface area contributed by atoms with Crippen molar-refractivity contribution in [3.8, 4) is 17.2 Å². The Labute approximate surface area is 180 Å². The first kappa shape index (κ1) is 20.4. The Morgan fingerprint density at radius 1 is 1.16 bits per heavy atom. The van der Waals surface area contributed by atoms with Crippen molar-refractivity contribution in [3.05, 3.63) is 48.3 Å². The van der Waals surface area contributed by atoms with Crippen LogP contribution < -0.4 is 15.0 Å². The van der Waals surface area contributed by atoms with Crippen LogP contribution in [-0.4, -0.2) is 52.7 Å². The summed E-state index contributed by atoms with van der Waals surface area (Å²) in [6.45, 7) is -0.565. The Morgan fingerprint density at radius 2 is 1.90 bits per heavy atom. The summed E-state index contributed by atoms with van der Waals surface area (Å²) in [5.74, 6) is -1.10. The third-order valence-electron chi connectivity index (χ3n) is 4.42. The molecule has 0 aliphatic carbocycles. The van der Waals surface area contributed by atoms with Gasteiger partial charge in [0.15, 0.2) is 16.6 Å². The highest BCUT2D eigenvalue weighted by molar-refractivity contribution is 7.22. The molecule has 0 atom stereocenters. The zero-order valence-electron chi connectivity index (χ0n) is 16.6. The normalized spacial score (nSPS) is 10.9. The summed E-state index contributed by atoms with van der Waals surface area (Å²) in [6.07, 6.45) is 1.42. The lowest BCUT2D eigenvalue weighted by Crippen LogP contribution is -2.29. The third-order valence-corrected chi connectivity index (χ3v) is 5.60. The van der Waals surface area contributed by atoms with Gasteiger partial charge in [0.05, 0.1) is 10.2 Å². The van der Waals surface area contributed by atoms with E-state index in [4.69, 9.17) is 9.84 Å². The maximum Gasteiger partial charge on any atom is 0.322 e. The van der Waals surface area contributed by atoms with E-state index in [1.165, 1.54) is 6.20 Å².